The molecular weight excluding hydrogens is 414 g/mol. The van der Waals surface area contributed by atoms with E-state index in [0.29, 0.717) is 32.6 Å². The lowest BCUT2D eigenvalue weighted by atomic mass is 10.0. The maximum absolute atomic E-state index is 11.8. The zero-order chi connectivity index (χ0) is 24.2. The Morgan fingerprint density at radius 3 is 1.81 bits per heavy atom. The van der Waals surface area contributed by atoms with Crippen molar-refractivity contribution in [2.24, 2.45) is 0 Å². The van der Waals surface area contributed by atoms with Crippen LogP contribution < -0.4 is 16.0 Å². The van der Waals surface area contributed by atoms with Gasteiger partial charge in [0, 0.05) is 25.2 Å². The van der Waals surface area contributed by atoms with Crippen LogP contribution in [0.4, 0.5) is 9.59 Å². The summed E-state index contributed by atoms with van der Waals surface area (Å²) in [5.74, 6) is 0. The molecule has 9 nitrogen and oxygen atoms in total. The standard InChI is InChI=1S/C15H29N3O4.C8H8O2/c1-14(2,3)21-12(19)17-10-7-11(9-16-8-10)18-13(20)22-15(4,5)6;9-7-10-6-8-4-2-1-3-5-8/h10-11,16H,7-9H2,1-6H3,(H,17,19)(H,18,20);1-5,7H,6H2/t10-,11+;. The molecule has 2 rings (SSSR count). The minimum atomic E-state index is -0.527. The molecule has 0 aliphatic carbocycles. The Labute approximate surface area is 190 Å². The summed E-state index contributed by atoms with van der Waals surface area (Å²) in [6, 6.07) is 9.36. The Bertz CT molecular complexity index is 677. The molecule has 0 radical (unpaired) electrons. The second-order valence-electron chi connectivity index (χ2n) is 9.47. The lowest BCUT2D eigenvalue weighted by Gasteiger charge is -2.32. The van der Waals surface area contributed by atoms with Crippen molar-refractivity contribution in [3.63, 3.8) is 0 Å². The lowest BCUT2D eigenvalue weighted by molar-refractivity contribution is -0.129. The topological polar surface area (TPSA) is 115 Å². The Hall–Kier alpha value is -2.81. The molecule has 1 aromatic rings. The number of hydrogen-bond acceptors (Lipinski definition) is 7. The van der Waals surface area contributed by atoms with Gasteiger partial charge in [-0.05, 0) is 53.5 Å². The molecular formula is C23H37N3O6. The summed E-state index contributed by atoms with van der Waals surface area (Å²) in [7, 11) is 0. The maximum Gasteiger partial charge on any atom is 0.407 e. The number of ether oxygens (including phenoxy) is 3. The summed E-state index contributed by atoms with van der Waals surface area (Å²) in [5, 5.41) is 8.80. The van der Waals surface area contributed by atoms with Crippen LogP contribution in [0.3, 0.4) is 0 Å². The smallest absolute Gasteiger partial charge is 0.407 e. The first-order valence-electron chi connectivity index (χ1n) is 10.7. The largest absolute Gasteiger partial charge is 0.463 e. The van der Waals surface area contributed by atoms with E-state index in [9.17, 15) is 14.4 Å². The number of nitrogens with one attached hydrogen (secondary N) is 3. The highest BCUT2D eigenvalue weighted by Crippen LogP contribution is 2.10. The minimum absolute atomic E-state index is 0.0939. The van der Waals surface area contributed by atoms with E-state index in [2.05, 4.69) is 20.7 Å². The summed E-state index contributed by atoms with van der Waals surface area (Å²) in [4.78, 5) is 33.3. The van der Waals surface area contributed by atoms with Crippen molar-refractivity contribution < 1.29 is 28.6 Å². The average Bonchev–Trinajstić information content (AvgIpc) is 2.65. The van der Waals surface area contributed by atoms with Crippen LogP contribution in [0.1, 0.15) is 53.5 Å². The predicted molar refractivity (Wildman–Crippen MR) is 121 cm³/mol. The Morgan fingerprint density at radius 2 is 1.41 bits per heavy atom. The van der Waals surface area contributed by atoms with E-state index >= 15 is 0 Å². The van der Waals surface area contributed by atoms with Crippen LogP contribution in [-0.4, -0.2) is 55.0 Å². The van der Waals surface area contributed by atoms with Gasteiger partial charge in [-0.1, -0.05) is 30.3 Å². The van der Waals surface area contributed by atoms with Crippen molar-refractivity contribution in [1.29, 1.82) is 0 Å². The van der Waals surface area contributed by atoms with Gasteiger partial charge in [0.25, 0.3) is 6.47 Å². The van der Waals surface area contributed by atoms with Gasteiger partial charge < -0.3 is 30.2 Å². The Morgan fingerprint density at radius 1 is 0.938 bits per heavy atom. The van der Waals surface area contributed by atoms with Crippen molar-refractivity contribution in [3.8, 4) is 0 Å². The van der Waals surface area contributed by atoms with Crippen molar-refractivity contribution in [1.82, 2.24) is 16.0 Å². The predicted octanol–water partition coefficient (Wildman–Crippen LogP) is 3.13. The third-order valence-electron chi connectivity index (χ3n) is 3.95. The molecule has 1 aliphatic rings. The molecule has 1 saturated heterocycles. The minimum Gasteiger partial charge on any atom is -0.463 e. The fourth-order valence-electron chi connectivity index (χ4n) is 2.81. The van der Waals surface area contributed by atoms with Crippen molar-refractivity contribution in [3.05, 3.63) is 35.9 Å². The molecule has 180 valence electrons. The van der Waals surface area contributed by atoms with Gasteiger partial charge in [-0.25, -0.2) is 9.59 Å². The van der Waals surface area contributed by atoms with E-state index in [0.717, 1.165) is 5.56 Å². The molecule has 0 spiro atoms. The van der Waals surface area contributed by atoms with Gasteiger partial charge in [0.15, 0.2) is 0 Å². The Kier molecular flexibility index (Phi) is 11.0. The molecule has 1 fully saturated rings. The highest BCUT2D eigenvalue weighted by molar-refractivity contribution is 5.69. The lowest BCUT2D eigenvalue weighted by Crippen LogP contribution is -2.56. The van der Waals surface area contributed by atoms with Crippen molar-refractivity contribution in [2.45, 2.75) is 77.9 Å². The van der Waals surface area contributed by atoms with Gasteiger partial charge in [0.1, 0.15) is 17.8 Å². The first-order chi connectivity index (χ1) is 14.9. The number of alkyl carbamates (subject to hydrolysis) is 2. The van der Waals surface area contributed by atoms with E-state index in [1.807, 2.05) is 71.9 Å². The number of carbonyl (C=O) groups is 3. The normalized spacial score (nSPS) is 18.3. The molecule has 0 saturated carbocycles. The maximum atomic E-state index is 11.8. The number of rotatable bonds is 5. The molecule has 0 aromatic heterocycles. The van der Waals surface area contributed by atoms with Crippen molar-refractivity contribution >= 4 is 18.7 Å². The summed E-state index contributed by atoms with van der Waals surface area (Å²) in [6.07, 6.45) is -0.264. The third kappa shape index (κ3) is 13.5. The summed E-state index contributed by atoms with van der Waals surface area (Å²) < 4.78 is 15.0. The zero-order valence-electron chi connectivity index (χ0n) is 19.9. The van der Waals surface area contributed by atoms with Gasteiger partial charge in [-0.2, -0.15) is 0 Å². The first-order valence-corrected chi connectivity index (χ1v) is 10.7. The van der Waals surface area contributed by atoms with Crippen LogP contribution in [0.25, 0.3) is 0 Å². The van der Waals surface area contributed by atoms with E-state index in [1.54, 1.807) is 0 Å². The van der Waals surface area contributed by atoms with Gasteiger partial charge in [0.2, 0.25) is 0 Å². The van der Waals surface area contributed by atoms with E-state index < -0.39 is 23.4 Å². The van der Waals surface area contributed by atoms with Crippen LogP contribution in [0.2, 0.25) is 0 Å². The van der Waals surface area contributed by atoms with E-state index in [-0.39, 0.29) is 12.1 Å². The van der Waals surface area contributed by atoms with Crippen molar-refractivity contribution in [2.75, 3.05) is 13.1 Å². The van der Waals surface area contributed by atoms with Gasteiger partial charge >= 0.3 is 12.2 Å². The summed E-state index contributed by atoms with van der Waals surface area (Å²) in [6.45, 7) is 13.0. The molecule has 32 heavy (non-hydrogen) atoms. The van der Waals surface area contributed by atoms with Crippen LogP contribution in [0.15, 0.2) is 30.3 Å². The molecule has 1 aliphatic heterocycles. The van der Waals surface area contributed by atoms with Gasteiger partial charge in [0.05, 0.1) is 0 Å². The van der Waals surface area contributed by atoms with Crippen LogP contribution in [0, 0.1) is 0 Å². The van der Waals surface area contributed by atoms with Gasteiger partial charge in [-0.15, -0.1) is 0 Å². The average molecular weight is 452 g/mol. The number of benzene rings is 1. The van der Waals surface area contributed by atoms with Crippen LogP contribution in [0.5, 0.6) is 0 Å². The summed E-state index contributed by atoms with van der Waals surface area (Å²) in [5.41, 5.74) is -0.0460. The first kappa shape index (κ1) is 27.2. The van der Waals surface area contributed by atoms with Crippen LogP contribution in [-0.2, 0) is 25.6 Å². The molecule has 2 atom stereocenters. The fraction of sp³-hybridized carbons (Fsp3) is 0.609. The number of piperidine rings is 1. The highest BCUT2D eigenvalue weighted by Gasteiger charge is 2.27. The fourth-order valence-corrected chi connectivity index (χ4v) is 2.81. The zero-order valence-corrected chi connectivity index (χ0v) is 19.9. The second-order valence-corrected chi connectivity index (χ2v) is 9.47. The van der Waals surface area contributed by atoms with Gasteiger partial charge in [-0.3, -0.25) is 4.79 Å². The van der Waals surface area contributed by atoms with Crippen LogP contribution >= 0.6 is 0 Å². The molecule has 0 unspecified atom stereocenters. The molecule has 9 heteroatoms. The second kappa shape index (κ2) is 12.9. The Balaban J connectivity index is 0.000000425. The quantitative estimate of drug-likeness (QED) is 0.465. The molecule has 0 bridgehead atoms. The number of amides is 2. The molecule has 1 aromatic carbocycles. The third-order valence-corrected chi connectivity index (χ3v) is 3.95. The SMILES string of the molecule is CC(C)(C)OC(=O)N[C@@H]1CNC[C@H](NC(=O)OC(C)(C)C)C1.O=COCc1ccccc1. The number of hydrogen-bond donors (Lipinski definition) is 3. The summed E-state index contributed by atoms with van der Waals surface area (Å²) >= 11 is 0. The highest BCUT2D eigenvalue weighted by atomic mass is 16.6. The number of carbonyl (C=O) groups excluding carboxylic acids is 3. The van der Waals surface area contributed by atoms with E-state index in [4.69, 9.17) is 9.47 Å². The monoisotopic (exact) mass is 451 g/mol. The molecule has 2 amide bonds. The molecule has 3 N–H and O–H groups in total. The molecule has 1 heterocycles. The van der Waals surface area contributed by atoms with E-state index in [1.165, 1.54) is 0 Å².